The molecule has 1 atom stereocenters. The largest absolute Gasteiger partial charge is 0.340 e. The van der Waals surface area contributed by atoms with Gasteiger partial charge in [0, 0.05) is 25.0 Å². The maximum atomic E-state index is 4.44. The van der Waals surface area contributed by atoms with E-state index >= 15 is 0 Å². The van der Waals surface area contributed by atoms with Crippen LogP contribution in [0.3, 0.4) is 0 Å². The number of nitrogens with one attached hydrogen (secondary N) is 1. The van der Waals surface area contributed by atoms with E-state index in [1.807, 2.05) is 26.2 Å². The van der Waals surface area contributed by atoms with Crippen molar-refractivity contribution >= 4 is 5.95 Å². The Hall–Kier alpha value is -1.16. The normalized spacial score (nSPS) is 20.9. The summed E-state index contributed by atoms with van der Waals surface area (Å²) in [7, 11) is 2.01. The van der Waals surface area contributed by atoms with Crippen molar-refractivity contribution in [2.75, 3.05) is 31.6 Å². The fraction of sp³-hybridized carbons (Fsp3) is 0.636. The van der Waals surface area contributed by atoms with Crippen LogP contribution in [0.1, 0.15) is 12.1 Å². The fourth-order valence-electron chi connectivity index (χ4n) is 2.06. The summed E-state index contributed by atoms with van der Waals surface area (Å²) in [6, 6.07) is 1.94. The second-order valence-corrected chi connectivity index (χ2v) is 4.16. The molecule has 4 nitrogen and oxygen atoms in total. The molecule has 0 aromatic carbocycles. The van der Waals surface area contributed by atoms with Crippen LogP contribution in [0.4, 0.5) is 5.95 Å². The molecule has 1 aromatic heterocycles. The standard InChI is InChI=1S/C11H18N4/c1-9-3-5-13-11(14-9)15-6-4-10(8-15)7-12-2/h3,5,10,12H,4,6-8H2,1-2H3. The number of anilines is 1. The highest BCUT2D eigenvalue weighted by molar-refractivity contribution is 5.31. The predicted molar refractivity (Wildman–Crippen MR) is 61.0 cm³/mol. The van der Waals surface area contributed by atoms with E-state index in [-0.39, 0.29) is 0 Å². The number of nitrogens with zero attached hydrogens (tertiary/aromatic N) is 3. The maximum Gasteiger partial charge on any atom is 0.225 e. The van der Waals surface area contributed by atoms with Crippen LogP contribution in [0.2, 0.25) is 0 Å². The number of hydrogen-bond donors (Lipinski definition) is 1. The average molecular weight is 206 g/mol. The number of rotatable bonds is 3. The lowest BCUT2D eigenvalue weighted by Gasteiger charge is -2.16. The Morgan fingerprint density at radius 2 is 2.47 bits per heavy atom. The monoisotopic (exact) mass is 206 g/mol. The zero-order valence-electron chi connectivity index (χ0n) is 9.40. The molecule has 0 radical (unpaired) electrons. The maximum absolute atomic E-state index is 4.44. The van der Waals surface area contributed by atoms with E-state index in [4.69, 9.17) is 0 Å². The molecule has 1 fully saturated rings. The summed E-state index contributed by atoms with van der Waals surface area (Å²) in [5.74, 6) is 1.62. The topological polar surface area (TPSA) is 41.0 Å². The van der Waals surface area contributed by atoms with Crippen molar-refractivity contribution in [3.05, 3.63) is 18.0 Å². The van der Waals surface area contributed by atoms with E-state index < -0.39 is 0 Å². The quantitative estimate of drug-likeness (QED) is 0.795. The first-order valence-electron chi connectivity index (χ1n) is 5.49. The van der Waals surface area contributed by atoms with Crippen molar-refractivity contribution in [3.8, 4) is 0 Å². The van der Waals surface area contributed by atoms with Crippen LogP contribution in [-0.2, 0) is 0 Å². The molecule has 1 unspecified atom stereocenters. The molecule has 82 valence electrons. The predicted octanol–water partition coefficient (Wildman–Crippen LogP) is 0.831. The highest BCUT2D eigenvalue weighted by Gasteiger charge is 2.23. The van der Waals surface area contributed by atoms with Gasteiger partial charge in [-0.15, -0.1) is 0 Å². The lowest BCUT2D eigenvalue weighted by Crippen LogP contribution is -2.25. The van der Waals surface area contributed by atoms with E-state index in [2.05, 4.69) is 20.2 Å². The molecule has 1 aliphatic rings. The van der Waals surface area contributed by atoms with Gasteiger partial charge in [0.15, 0.2) is 0 Å². The lowest BCUT2D eigenvalue weighted by molar-refractivity contribution is 0.548. The van der Waals surface area contributed by atoms with Crippen LogP contribution in [0, 0.1) is 12.8 Å². The van der Waals surface area contributed by atoms with Gasteiger partial charge in [0.2, 0.25) is 5.95 Å². The number of aryl methyl sites for hydroxylation is 1. The van der Waals surface area contributed by atoms with E-state index in [1.165, 1.54) is 6.42 Å². The third-order valence-electron chi connectivity index (χ3n) is 2.84. The molecule has 0 aliphatic carbocycles. The van der Waals surface area contributed by atoms with Crippen LogP contribution in [0.25, 0.3) is 0 Å². The van der Waals surface area contributed by atoms with Gasteiger partial charge in [0.05, 0.1) is 0 Å². The molecule has 0 spiro atoms. The van der Waals surface area contributed by atoms with Crippen molar-refractivity contribution in [2.24, 2.45) is 5.92 Å². The summed E-state index contributed by atoms with van der Waals surface area (Å²) < 4.78 is 0. The van der Waals surface area contributed by atoms with E-state index in [9.17, 15) is 0 Å². The Morgan fingerprint density at radius 1 is 1.60 bits per heavy atom. The van der Waals surface area contributed by atoms with Gasteiger partial charge in [-0.2, -0.15) is 0 Å². The molecule has 1 aromatic rings. The Kier molecular flexibility index (Phi) is 3.16. The molecule has 2 rings (SSSR count). The first-order chi connectivity index (χ1) is 7.29. The van der Waals surface area contributed by atoms with Gasteiger partial charge in [-0.1, -0.05) is 0 Å². The van der Waals surface area contributed by atoms with Gasteiger partial charge >= 0.3 is 0 Å². The van der Waals surface area contributed by atoms with Crippen LogP contribution in [0.5, 0.6) is 0 Å². The van der Waals surface area contributed by atoms with Gasteiger partial charge in [0.1, 0.15) is 0 Å². The second-order valence-electron chi connectivity index (χ2n) is 4.16. The van der Waals surface area contributed by atoms with Crippen molar-refractivity contribution in [2.45, 2.75) is 13.3 Å². The minimum Gasteiger partial charge on any atom is -0.340 e. The molecule has 4 heteroatoms. The van der Waals surface area contributed by atoms with E-state index in [0.29, 0.717) is 0 Å². The summed E-state index contributed by atoms with van der Waals surface area (Å²) in [6.45, 7) is 5.24. The van der Waals surface area contributed by atoms with Crippen LogP contribution in [0.15, 0.2) is 12.3 Å². The minimum absolute atomic E-state index is 0.735. The molecular formula is C11H18N4. The average Bonchev–Trinajstić information content (AvgIpc) is 2.67. The van der Waals surface area contributed by atoms with Crippen LogP contribution >= 0.6 is 0 Å². The molecule has 1 saturated heterocycles. The Morgan fingerprint density at radius 3 is 3.20 bits per heavy atom. The van der Waals surface area contributed by atoms with Crippen LogP contribution < -0.4 is 10.2 Å². The molecule has 2 heterocycles. The van der Waals surface area contributed by atoms with Crippen LogP contribution in [-0.4, -0.2) is 36.6 Å². The van der Waals surface area contributed by atoms with E-state index in [1.54, 1.807) is 0 Å². The highest BCUT2D eigenvalue weighted by atomic mass is 15.3. The first kappa shape index (κ1) is 10.4. The smallest absolute Gasteiger partial charge is 0.225 e. The molecule has 1 aliphatic heterocycles. The van der Waals surface area contributed by atoms with Gasteiger partial charge in [-0.05, 0) is 38.9 Å². The lowest BCUT2D eigenvalue weighted by atomic mass is 10.1. The molecule has 15 heavy (non-hydrogen) atoms. The van der Waals surface area contributed by atoms with Crippen molar-refractivity contribution in [1.82, 2.24) is 15.3 Å². The third kappa shape index (κ3) is 2.45. The Balaban J connectivity index is 2.01. The van der Waals surface area contributed by atoms with Gasteiger partial charge < -0.3 is 10.2 Å². The second kappa shape index (κ2) is 4.57. The van der Waals surface area contributed by atoms with Crippen molar-refractivity contribution < 1.29 is 0 Å². The van der Waals surface area contributed by atoms with Gasteiger partial charge in [0.25, 0.3) is 0 Å². The fourth-order valence-corrected chi connectivity index (χ4v) is 2.06. The summed E-state index contributed by atoms with van der Waals surface area (Å²) in [5.41, 5.74) is 1.04. The molecule has 0 amide bonds. The number of hydrogen-bond acceptors (Lipinski definition) is 4. The van der Waals surface area contributed by atoms with Crippen molar-refractivity contribution in [1.29, 1.82) is 0 Å². The SMILES string of the molecule is CNCC1CCN(c2nccc(C)n2)C1. The summed E-state index contributed by atoms with van der Waals surface area (Å²) in [6.07, 6.45) is 3.07. The third-order valence-corrected chi connectivity index (χ3v) is 2.84. The summed E-state index contributed by atoms with van der Waals surface area (Å²) in [5, 5.41) is 3.23. The van der Waals surface area contributed by atoms with E-state index in [0.717, 1.165) is 37.2 Å². The van der Waals surface area contributed by atoms with Gasteiger partial charge in [-0.3, -0.25) is 0 Å². The minimum atomic E-state index is 0.735. The van der Waals surface area contributed by atoms with Crippen molar-refractivity contribution in [3.63, 3.8) is 0 Å². The Labute approximate surface area is 90.7 Å². The molecule has 0 bridgehead atoms. The highest BCUT2D eigenvalue weighted by Crippen LogP contribution is 2.19. The summed E-state index contributed by atoms with van der Waals surface area (Å²) in [4.78, 5) is 11.0. The zero-order chi connectivity index (χ0) is 10.7. The molecular weight excluding hydrogens is 188 g/mol. The zero-order valence-corrected chi connectivity index (χ0v) is 9.40. The first-order valence-corrected chi connectivity index (χ1v) is 5.49. The Bertz CT molecular complexity index is 326. The molecule has 1 N–H and O–H groups in total. The number of aromatic nitrogens is 2. The molecule has 0 saturated carbocycles. The summed E-state index contributed by atoms with van der Waals surface area (Å²) >= 11 is 0. The van der Waals surface area contributed by atoms with Gasteiger partial charge in [-0.25, -0.2) is 9.97 Å².